The highest BCUT2D eigenvalue weighted by Crippen LogP contribution is 2.29. The van der Waals surface area contributed by atoms with Crippen molar-refractivity contribution in [1.82, 2.24) is 9.88 Å². The molecule has 1 N–H and O–H groups in total. The molecular weight excluding hydrogens is 268 g/mol. The molecular formula is C16H24N2O3. The maximum Gasteiger partial charge on any atom is 0.255 e. The summed E-state index contributed by atoms with van der Waals surface area (Å²) in [5, 5.41) is 9.86. The minimum Gasteiger partial charge on any atom is -0.477 e. The second-order valence-electron chi connectivity index (χ2n) is 6.27. The molecule has 21 heavy (non-hydrogen) atoms. The number of carbonyl (C=O) groups excluding carboxylic acids is 1. The van der Waals surface area contributed by atoms with E-state index in [1.165, 1.54) is 19.0 Å². The van der Waals surface area contributed by atoms with Crippen molar-refractivity contribution in [3.63, 3.8) is 0 Å². The van der Waals surface area contributed by atoms with E-state index < -0.39 is 5.60 Å². The highest BCUT2D eigenvalue weighted by atomic mass is 16.5. The average Bonchev–Trinajstić information content (AvgIpc) is 3.25. The fourth-order valence-corrected chi connectivity index (χ4v) is 2.06. The van der Waals surface area contributed by atoms with Gasteiger partial charge in [0.2, 0.25) is 5.88 Å². The molecule has 1 aromatic heterocycles. The van der Waals surface area contributed by atoms with Gasteiger partial charge in [0.15, 0.2) is 0 Å². The van der Waals surface area contributed by atoms with Crippen LogP contribution in [-0.2, 0) is 0 Å². The molecule has 1 saturated carbocycles. The maximum absolute atomic E-state index is 12.4. The normalized spacial score (nSPS) is 14.9. The van der Waals surface area contributed by atoms with Gasteiger partial charge >= 0.3 is 0 Å². The average molecular weight is 292 g/mol. The molecule has 0 spiro atoms. The van der Waals surface area contributed by atoms with Crippen molar-refractivity contribution in [2.24, 2.45) is 5.92 Å². The third-order valence-electron chi connectivity index (χ3n) is 3.39. The van der Waals surface area contributed by atoms with Crippen LogP contribution in [0.2, 0.25) is 0 Å². The number of ether oxygens (including phenoxy) is 1. The Morgan fingerprint density at radius 1 is 1.48 bits per heavy atom. The molecule has 1 aromatic rings. The number of pyridine rings is 1. The Hall–Kier alpha value is -1.62. The summed E-state index contributed by atoms with van der Waals surface area (Å²) >= 11 is 0. The van der Waals surface area contributed by atoms with Crippen molar-refractivity contribution in [2.45, 2.75) is 39.2 Å². The molecule has 5 heteroatoms. The summed E-state index contributed by atoms with van der Waals surface area (Å²) in [6, 6.07) is 3.46. The van der Waals surface area contributed by atoms with E-state index in [2.05, 4.69) is 4.98 Å². The highest BCUT2D eigenvalue weighted by Gasteiger charge is 2.23. The number of carbonyl (C=O) groups is 1. The molecule has 1 amide bonds. The number of aromatic nitrogens is 1. The van der Waals surface area contributed by atoms with Crippen molar-refractivity contribution < 1.29 is 14.6 Å². The van der Waals surface area contributed by atoms with E-state index in [0.29, 0.717) is 37.1 Å². The first-order valence-corrected chi connectivity index (χ1v) is 7.49. The summed E-state index contributed by atoms with van der Waals surface area (Å²) in [5.41, 5.74) is -0.397. The number of amides is 1. The molecule has 1 fully saturated rings. The summed E-state index contributed by atoms with van der Waals surface area (Å²) in [6.45, 7) is 6.82. The Morgan fingerprint density at radius 3 is 2.67 bits per heavy atom. The number of rotatable bonds is 7. The molecule has 0 radical (unpaired) electrons. The lowest BCUT2D eigenvalue weighted by molar-refractivity contribution is 0.0314. The molecule has 0 bridgehead atoms. The first kappa shape index (κ1) is 15.8. The Morgan fingerprint density at radius 2 is 2.19 bits per heavy atom. The topological polar surface area (TPSA) is 62.7 Å². The highest BCUT2D eigenvalue weighted by molar-refractivity contribution is 5.94. The zero-order valence-corrected chi connectivity index (χ0v) is 13.0. The van der Waals surface area contributed by atoms with Crippen molar-refractivity contribution in [1.29, 1.82) is 0 Å². The van der Waals surface area contributed by atoms with E-state index in [1.807, 2.05) is 6.92 Å². The van der Waals surface area contributed by atoms with Gasteiger partial charge in [-0.1, -0.05) is 0 Å². The lowest BCUT2D eigenvalue weighted by Gasteiger charge is -2.28. The largest absolute Gasteiger partial charge is 0.477 e. The molecule has 0 aliphatic heterocycles. The summed E-state index contributed by atoms with van der Waals surface area (Å²) in [5.74, 6) is 1.11. The van der Waals surface area contributed by atoms with Gasteiger partial charge in [-0.15, -0.1) is 0 Å². The van der Waals surface area contributed by atoms with Crippen LogP contribution >= 0.6 is 0 Å². The molecule has 2 rings (SSSR count). The van der Waals surface area contributed by atoms with Gasteiger partial charge in [0.1, 0.15) is 0 Å². The van der Waals surface area contributed by atoms with Gasteiger partial charge in [-0.05, 0) is 45.6 Å². The van der Waals surface area contributed by atoms with E-state index in [4.69, 9.17) is 4.74 Å². The third kappa shape index (κ3) is 5.01. The van der Waals surface area contributed by atoms with Gasteiger partial charge in [0.25, 0.3) is 5.91 Å². The molecule has 1 aliphatic rings. The van der Waals surface area contributed by atoms with Crippen LogP contribution in [-0.4, -0.2) is 46.2 Å². The van der Waals surface area contributed by atoms with E-state index in [0.717, 1.165) is 0 Å². The molecule has 1 heterocycles. The maximum atomic E-state index is 12.4. The van der Waals surface area contributed by atoms with E-state index >= 15 is 0 Å². The molecule has 116 valence electrons. The molecule has 1 aliphatic carbocycles. The van der Waals surface area contributed by atoms with Crippen LogP contribution in [0.5, 0.6) is 5.88 Å². The van der Waals surface area contributed by atoms with E-state index in [9.17, 15) is 9.90 Å². The van der Waals surface area contributed by atoms with Crippen molar-refractivity contribution in [3.8, 4) is 5.88 Å². The smallest absolute Gasteiger partial charge is 0.255 e. The second kappa shape index (κ2) is 6.43. The van der Waals surface area contributed by atoms with Gasteiger partial charge in [-0.25, -0.2) is 4.98 Å². The van der Waals surface area contributed by atoms with Crippen LogP contribution in [0.4, 0.5) is 0 Å². The first-order chi connectivity index (χ1) is 9.89. The summed E-state index contributed by atoms with van der Waals surface area (Å²) < 4.78 is 5.56. The van der Waals surface area contributed by atoms with Gasteiger partial charge in [0.05, 0.1) is 17.8 Å². The van der Waals surface area contributed by atoms with Crippen molar-refractivity contribution in [3.05, 3.63) is 23.9 Å². The van der Waals surface area contributed by atoms with Crippen LogP contribution in [0, 0.1) is 5.92 Å². The fraction of sp³-hybridized carbons (Fsp3) is 0.625. The first-order valence-electron chi connectivity index (χ1n) is 7.49. The van der Waals surface area contributed by atoms with E-state index in [-0.39, 0.29) is 5.91 Å². The summed E-state index contributed by atoms with van der Waals surface area (Å²) in [4.78, 5) is 18.2. The molecule has 0 unspecified atom stereocenters. The molecule has 5 nitrogen and oxygen atoms in total. The Labute approximate surface area is 125 Å². The predicted octanol–water partition coefficient (Wildman–Crippen LogP) is 2.10. The van der Waals surface area contributed by atoms with E-state index in [1.54, 1.807) is 30.9 Å². The number of aliphatic hydroxyl groups is 1. The second-order valence-corrected chi connectivity index (χ2v) is 6.27. The summed E-state index contributed by atoms with van der Waals surface area (Å²) in [7, 11) is 0. The lowest BCUT2D eigenvalue weighted by Crippen LogP contribution is -2.42. The third-order valence-corrected chi connectivity index (χ3v) is 3.39. The molecule has 0 atom stereocenters. The standard InChI is InChI=1S/C16H24N2O3/c1-4-18(11-16(2,3)20)15(19)13-7-8-14(17-9-13)21-10-12-5-6-12/h7-9,12,20H,4-6,10-11H2,1-3H3. The zero-order valence-electron chi connectivity index (χ0n) is 13.0. The minimum atomic E-state index is -0.910. The quantitative estimate of drug-likeness (QED) is 0.836. The van der Waals surface area contributed by atoms with Crippen LogP contribution in [0.25, 0.3) is 0 Å². The number of likely N-dealkylation sites (N-methyl/N-ethyl adjacent to an activating group) is 1. The zero-order chi connectivity index (χ0) is 15.5. The van der Waals surface area contributed by atoms with Gasteiger partial charge in [-0.2, -0.15) is 0 Å². The van der Waals surface area contributed by atoms with Crippen LogP contribution < -0.4 is 4.74 Å². The monoisotopic (exact) mass is 292 g/mol. The number of nitrogens with zero attached hydrogens (tertiary/aromatic N) is 2. The number of hydrogen-bond donors (Lipinski definition) is 1. The minimum absolute atomic E-state index is 0.124. The predicted molar refractivity (Wildman–Crippen MR) is 80.3 cm³/mol. The molecule has 0 aromatic carbocycles. The van der Waals surface area contributed by atoms with Gasteiger partial charge in [0, 0.05) is 25.4 Å². The van der Waals surface area contributed by atoms with Gasteiger partial charge in [-0.3, -0.25) is 4.79 Å². The molecule has 0 saturated heterocycles. The Bertz CT molecular complexity index is 475. The number of hydrogen-bond acceptors (Lipinski definition) is 4. The Kier molecular flexibility index (Phi) is 4.83. The van der Waals surface area contributed by atoms with Crippen molar-refractivity contribution in [2.75, 3.05) is 19.7 Å². The van der Waals surface area contributed by atoms with Crippen LogP contribution in [0.3, 0.4) is 0 Å². The lowest BCUT2D eigenvalue weighted by atomic mass is 10.1. The van der Waals surface area contributed by atoms with Crippen molar-refractivity contribution >= 4 is 5.91 Å². The summed E-state index contributed by atoms with van der Waals surface area (Å²) in [6.07, 6.45) is 4.01. The van der Waals surface area contributed by atoms with Gasteiger partial charge < -0.3 is 14.7 Å². The van der Waals surface area contributed by atoms with Crippen LogP contribution in [0.15, 0.2) is 18.3 Å². The fourth-order valence-electron chi connectivity index (χ4n) is 2.06. The SMILES string of the molecule is CCN(CC(C)(C)O)C(=O)c1ccc(OCC2CC2)nc1. The Balaban J connectivity index is 1.96. The van der Waals surface area contributed by atoms with Crippen LogP contribution in [0.1, 0.15) is 44.0 Å².